The number of nitrogens with one attached hydrogen (secondary N) is 1. The lowest BCUT2D eigenvalue weighted by atomic mass is 9.96. The van der Waals surface area contributed by atoms with Crippen LogP contribution in [0.3, 0.4) is 0 Å². The van der Waals surface area contributed by atoms with Crippen LogP contribution >= 0.6 is 23.6 Å². The maximum absolute atomic E-state index is 11.0. The molecule has 1 aliphatic heterocycles. The lowest BCUT2D eigenvalue weighted by Gasteiger charge is -2.32. The van der Waals surface area contributed by atoms with Crippen molar-refractivity contribution in [2.75, 3.05) is 6.54 Å². The number of nitrogens with zero attached hydrogens (tertiary/aromatic N) is 3. The molecule has 144 valence electrons. The monoisotopic (exact) mass is 415 g/mol. The molecule has 0 bridgehead atoms. The van der Waals surface area contributed by atoms with Crippen LogP contribution in [-0.2, 0) is 13.1 Å². The van der Waals surface area contributed by atoms with Gasteiger partial charge in [0.15, 0.2) is 6.67 Å². The Kier molecular flexibility index (Phi) is 4.37. The summed E-state index contributed by atoms with van der Waals surface area (Å²) in [5.74, 6) is 1.06. The van der Waals surface area contributed by atoms with Gasteiger partial charge in [-0.3, -0.25) is 10.1 Å². The Labute approximate surface area is 170 Å². The average Bonchev–Trinajstić information content (AvgIpc) is 3.30. The SMILES string of the molecule is O=[N+]([O-])c1cccc(-c2nn(C[NH+]3CCc4sccc4[C@H]3C3CC3)c(=S)o2)c1. The molecule has 1 aliphatic carbocycles. The molecule has 7 nitrogen and oxygen atoms in total. The first-order valence-corrected chi connectivity index (χ1v) is 10.6. The summed E-state index contributed by atoms with van der Waals surface area (Å²) in [5.41, 5.74) is 2.06. The van der Waals surface area contributed by atoms with Crippen LogP contribution in [0.5, 0.6) is 0 Å². The summed E-state index contributed by atoms with van der Waals surface area (Å²) in [6, 6.07) is 9.06. The fraction of sp³-hybridized carbons (Fsp3) is 0.368. The predicted octanol–water partition coefficient (Wildman–Crippen LogP) is 3.39. The molecule has 3 aromatic rings. The van der Waals surface area contributed by atoms with Gasteiger partial charge in [-0.2, -0.15) is 4.68 Å². The number of thiophene rings is 1. The summed E-state index contributed by atoms with van der Waals surface area (Å²) in [4.78, 5) is 13.9. The fourth-order valence-electron chi connectivity index (χ4n) is 4.14. The Bertz CT molecular complexity index is 1100. The molecule has 2 aromatic heterocycles. The van der Waals surface area contributed by atoms with Gasteiger partial charge in [0.05, 0.1) is 11.5 Å². The molecule has 2 atom stereocenters. The number of quaternary nitrogens is 1. The van der Waals surface area contributed by atoms with Gasteiger partial charge in [-0.1, -0.05) is 6.07 Å². The minimum Gasteiger partial charge on any atom is -0.409 e. The van der Waals surface area contributed by atoms with Crippen molar-refractivity contribution in [2.45, 2.75) is 32.0 Å². The third-order valence-electron chi connectivity index (χ3n) is 5.58. The third kappa shape index (κ3) is 3.19. The maximum Gasteiger partial charge on any atom is 0.292 e. The number of non-ortho nitro benzene ring substituents is 1. The molecule has 9 heteroatoms. The van der Waals surface area contributed by atoms with Crippen LogP contribution in [0.25, 0.3) is 11.5 Å². The van der Waals surface area contributed by atoms with E-state index >= 15 is 0 Å². The lowest BCUT2D eigenvalue weighted by molar-refractivity contribution is -0.958. The first kappa shape index (κ1) is 17.7. The van der Waals surface area contributed by atoms with Gasteiger partial charge in [-0.25, -0.2) is 0 Å². The molecule has 0 amide bonds. The van der Waals surface area contributed by atoms with Crippen LogP contribution in [0.1, 0.15) is 29.3 Å². The summed E-state index contributed by atoms with van der Waals surface area (Å²) < 4.78 is 7.40. The molecule has 0 spiro atoms. The molecule has 1 saturated carbocycles. The number of nitro groups is 1. The maximum atomic E-state index is 11.0. The first-order valence-electron chi connectivity index (χ1n) is 9.34. The van der Waals surface area contributed by atoms with E-state index < -0.39 is 4.92 Å². The fourth-order valence-corrected chi connectivity index (χ4v) is 5.26. The molecule has 5 rings (SSSR count). The molecular weight excluding hydrogens is 396 g/mol. The van der Waals surface area contributed by atoms with E-state index in [-0.39, 0.29) is 5.69 Å². The first-order chi connectivity index (χ1) is 13.6. The minimum atomic E-state index is -0.425. The van der Waals surface area contributed by atoms with Crippen molar-refractivity contribution in [1.82, 2.24) is 9.78 Å². The topological polar surface area (TPSA) is 78.5 Å². The number of rotatable bonds is 5. The predicted molar refractivity (Wildman–Crippen MR) is 107 cm³/mol. The Morgan fingerprint density at radius 2 is 2.25 bits per heavy atom. The summed E-state index contributed by atoms with van der Waals surface area (Å²) in [6.07, 6.45) is 3.65. The van der Waals surface area contributed by atoms with Crippen LogP contribution in [0.4, 0.5) is 5.69 Å². The highest BCUT2D eigenvalue weighted by molar-refractivity contribution is 7.71. The smallest absolute Gasteiger partial charge is 0.292 e. The zero-order valence-corrected chi connectivity index (χ0v) is 16.7. The van der Waals surface area contributed by atoms with E-state index in [9.17, 15) is 10.1 Å². The van der Waals surface area contributed by atoms with E-state index in [2.05, 4.69) is 16.5 Å². The second-order valence-corrected chi connectivity index (χ2v) is 8.76. The van der Waals surface area contributed by atoms with Crippen LogP contribution in [0.15, 0.2) is 40.1 Å². The van der Waals surface area contributed by atoms with Crippen molar-refractivity contribution in [3.63, 3.8) is 0 Å². The van der Waals surface area contributed by atoms with Crippen molar-refractivity contribution in [2.24, 2.45) is 5.92 Å². The Morgan fingerprint density at radius 3 is 3.04 bits per heavy atom. The highest BCUT2D eigenvalue weighted by Gasteiger charge is 2.43. The zero-order valence-electron chi connectivity index (χ0n) is 15.0. The molecule has 2 aliphatic rings. The summed E-state index contributed by atoms with van der Waals surface area (Å²) >= 11 is 7.26. The molecule has 1 fully saturated rings. The average molecular weight is 416 g/mol. The molecule has 1 unspecified atom stereocenters. The van der Waals surface area contributed by atoms with Crippen molar-refractivity contribution in [3.8, 4) is 11.5 Å². The van der Waals surface area contributed by atoms with Crippen molar-refractivity contribution in [3.05, 3.63) is 61.1 Å². The van der Waals surface area contributed by atoms with Crippen LogP contribution in [0, 0.1) is 20.9 Å². The number of aromatic nitrogens is 2. The molecule has 1 N–H and O–H groups in total. The van der Waals surface area contributed by atoms with Crippen LogP contribution < -0.4 is 4.90 Å². The van der Waals surface area contributed by atoms with E-state index in [0.29, 0.717) is 29.0 Å². The Morgan fingerprint density at radius 1 is 1.39 bits per heavy atom. The van der Waals surface area contributed by atoms with Crippen molar-refractivity contribution < 1.29 is 14.2 Å². The normalized spacial score (nSPS) is 21.4. The Hall–Kier alpha value is -2.36. The van der Waals surface area contributed by atoms with E-state index in [1.165, 1.54) is 40.3 Å². The van der Waals surface area contributed by atoms with Gasteiger partial charge in [0, 0.05) is 40.5 Å². The summed E-state index contributed by atoms with van der Waals surface area (Å²) in [6.45, 7) is 1.70. The second-order valence-electron chi connectivity index (χ2n) is 7.41. The minimum absolute atomic E-state index is 0.00797. The number of hydrogen-bond acceptors (Lipinski definition) is 6. The van der Waals surface area contributed by atoms with Gasteiger partial charge < -0.3 is 9.32 Å². The van der Waals surface area contributed by atoms with E-state index in [1.54, 1.807) is 16.8 Å². The van der Waals surface area contributed by atoms with Gasteiger partial charge in [-0.05, 0) is 42.6 Å². The summed E-state index contributed by atoms with van der Waals surface area (Å²) in [7, 11) is 0. The molecular formula is C19H19N4O3S2+. The number of hydrogen-bond donors (Lipinski definition) is 1. The molecule has 0 saturated heterocycles. The highest BCUT2D eigenvalue weighted by atomic mass is 32.1. The molecule has 3 heterocycles. The standard InChI is InChI=1S/C19H18N4O3S2/c24-23(25)14-3-1-2-13(10-14)18-20-22(19(27)26-18)11-21-8-6-16-15(7-9-28-16)17(21)12-4-5-12/h1-3,7,9-10,12,17H,4-6,8,11H2/p+1/t17-/m1/s1. The van der Waals surface area contributed by atoms with Crippen LogP contribution in [-0.4, -0.2) is 21.2 Å². The van der Waals surface area contributed by atoms with Gasteiger partial charge in [0.2, 0.25) is 5.89 Å². The largest absolute Gasteiger partial charge is 0.409 e. The molecule has 28 heavy (non-hydrogen) atoms. The van der Waals surface area contributed by atoms with E-state index in [4.69, 9.17) is 16.6 Å². The van der Waals surface area contributed by atoms with Crippen LogP contribution in [0.2, 0.25) is 0 Å². The van der Waals surface area contributed by atoms with Gasteiger partial charge in [-0.15, -0.1) is 16.4 Å². The molecule has 1 aromatic carbocycles. The van der Waals surface area contributed by atoms with Gasteiger partial charge in [0.25, 0.3) is 10.5 Å². The van der Waals surface area contributed by atoms with Crippen molar-refractivity contribution >= 4 is 29.2 Å². The Balaban J connectivity index is 1.43. The number of nitro benzene ring substituents is 1. The van der Waals surface area contributed by atoms with Gasteiger partial charge >= 0.3 is 0 Å². The highest BCUT2D eigenvalue weighted by Crippen LogP contribution is 2.42. The zero-order chi connectivity index (χ0) is 19.3. The third-order valence-corrected chi connectivity index (χ3v) is 6.87. The molecule has 0 radical (unpaired) electrons. The number of benzene rings is 1. The quantitative estimate of drug-likeness (QED) is 0.393. The van der Waals surface area contributed by atoms with E-state index in [1.807, 2.05) is 11.3 Å². The van der Waals surface area contributed by atoms with Gasteiger partial charge in [0.1, 0.15) is 6.04 Å². The van der Waals surface area contributed by atoms with Crippen molar-refractivity contribution in [1.29, 1.82) is 0 Å². The number of fused-ring (bicyclic) bond motifs is 1. The summed E-state index contributed by atoms with van der Waals surface area (Å²) in [5, 5.41) is 17.8. The van der Waals surface area contributed by atoms with E-state index in [0.717, 1.165) is 18.9 Å². The second kappa shape index (κ2) is 6.91. The lowest BCUT2D eigenvalue weighted by Crippen LogP contribution is -3.13.